The van der Waals surface area contributed by atoms with Crippen LogP contribution >= 0.6 is 0 Å². The highest BCUT2D eigenvalue weighted by Gasteiger charge is 2.30. The van der Waals surface area contributed by atoms with Crippen molar-refractivity contribution in [1.82, 2.24) is 10.2 Å². The van der Waals surface area contributed by atoms with E-state index in [9.17, 15) is 9.59 Å². The molecular formula is C14H26N2O4. The van der Waals surface area contributed by atoms with Gasteiger partial charge < -0.3 is 19.7 Å². The Hall–Kier alpha value is -1.30. The number of methoxy groups -OCH3 is 1. The third-order valence-electron chi connectivity index (χ3n) is 3.07. The van der Waals surface area contributed by atoms with E-state index < -0.39 is 5.60 Å². The number of rotatable bonds is 3. The predicted octanol–water partition coefficient (Wildman–Crippen LogP) is 1.39. The van der Waals surface area contributed by atoms with Crippen LogP contribution in [0.25, 0.3) is 0 Å². The van der Waals surface area contributed by atoms with Crippen LogP contribution in [0.5, 0.6) is 0 Å². The number of hydrogen-bond acceptors (Lipinski definition) is 5. The lowest BCUT2D eigenvalue weighted by molar-refractivity contribution is -0.139. The van der Waals surface area contributed by atoms with Crippen molar-refractivity contribution in [3.8, 4) is 0 Å². The SMILES string of the molecule is COC(=O)CN[C@H]1CC(C)CN(C(=O)OC(C)(C)C)C1. The largest absolute Gasteiger partial charge is 0.468 e. The Morgan fingerprint density at radius 3 is 2.50 bits per heavy atom. The van der Waals surface area contributed by atoms with Crippen molar-refractivity contribution < 1.29 is 19.1 Å². The van der Waals surface area contributed by atoms with Crippen LogP contribution in [0.1, 0.15) is 34.1 Å². The molecular weight excluding hydrogens is 260 g/mol. The van der Waals surface area contributed by atoms with Crippen LogP contribution in [0, 0.1) is 5.92 Å². The van der Waals surface area contributed by atoms with Gasteiger partial charge in [-0.3, -0.25) is 4.79 Å². The highest BCUT2D eigenvalue weighted by Crippen LogP contribution is 2.19. The molecule has 0 bridgehead atoms. The second-order valence-electron chi connectivity index (χ2n) is 6.38. The molecule has 1 fully saturated rings. The molecule has 6 heteroatoms. The fraction of sp³-hybridized carbons (Fsp3) is 0.857. The number of piperidine rings is 1. The fourth-order valence-electron chi connectivity index (χ4n) is 2.27. The zero-order valence-corrected chi connectivity index (χ0v) is 13.1. The molecule has 1 aliphatic rings. The lowest BCUT2D eigenvalue weighted by Crippen LogP contribution is -2.52. The second-order valence-corrected chi connectivity index (χ2v) is 6.38. The van der Waals surface area contributed by atoms with E-state index >= 15 is 0 Å². The van der Waals surface area contributed by atoms with Crippen molar-refractivity contribution in [3.63, 3.8) is 0 Å². The third kappa shape index (κ3) is 5.77. The van der Waals surface area contributed by atoms with Gasteiger partial charge in [-0.15, -0.1) is 0 Å². The summed E-state index contributed by atoms with van der Waals surface area (Å²) in [6.07, 6.45) is 0.630. The van der Waals surface area contributed by atoms with Gasteiger partial charge in [-0.25, -0.2) is 4.79 Å². The molecule has 0 aromatic rings. The summed E-state index contributed by atoms with van der Waals surface area (Å²) < 4.78 is 9.99. The number of hydrogen-bond donors (Lipinski definition) is 1. The normalized spacial score (nSPS) is 23.4. The molecule has 116 valence electrons. The maximum Gasteiger partial charge on any atom is 0.410 e. The maximum atomic E-state index is 12.1. The van der Waals surface area contributed by atoms with Gasteiger partial charge in [-0.2, -0.15) is 0 Å². The summed E-state index contributed by atoms with van der Waals surface area (Å²) in [6.45, 7) is 9.04. The van der Waals surface area contributed by atoms with Crippen LogP contribution in [0.3, 0.4) is 0 Å². The van der Waals surface area contributed by atoms with Crippen molar-refractivity contribution in [2.75, 3.05) is 26.7 Å². The van der Waals surface area contributed by atoms with E-state index in [0.29, 0.717) is 19.0 Å². The standard InChI is InChI=1S/C14H26N2O4/c1-10-6-11(15-7-12(17)19-5)9-16(8-10)13(18)20-14(2,3)4/h10-11,15H,6-9H2,1-5H3/t10?,11-/m0/s1. The average molecular weight is 286 g/mol. The van der Waals surface area contributed by atoms with Crippen LogP contribution in [0.4, 0.5) is 4.79 Å². The zero-order chi connectivity index (χ0) is 15.3. The Morgan fingerprint density at radius 1 is 1.30 bits per heavy atom. The molecule has 0 spiro atoms. The second kappa shape index (κ2) is 6.92. The Balaban J connectivity index is 2.52. The number of nitrogens with zero attached hydrogens (tertiary/aromatic N) is 1. The van der Waals surface area contributed by atoms with Gasteiger partial charge in [0.1, 0.15) is 5.60 Å². The van der Waals surface area contributed by atoms with Gasteiger partial charge in [0.15, 0.2) is 0 Å². The fourth-order valence-corrected chi connectivity index (χ4v) is 2.27. The molecule has 1 N–H and O–H groups in total. The average Bonchev–Trinajstić information content (AvgIpc) is 2.33. The summed E-state index contributed by atoms with van der Waals surface area (Å²) in [5, 5.41) is 3.13. The molecule has 6 nitrogen and oxygen atoms in total. The molecule has 1 rings (SSSR count). The summed E-state index contributed by atoms with van der Waals surface area (Å²) >= 11 is 0. The smallest absolute Gasteiger partial charge is 0.410 e. The van der Waals surface area contributed by atoms with E-state index in [4.69, 9.17) is 4.74 Å². The number of amides is 1. The molecule has 1 saturated heterocycles. The van der Waals surface area contributed by atoms with Crippen LogP contribution in [-0.2, 0) is 14.3 Å². The Bertz CT molecular complexity index is 352. The molecule has 2 atom stereocenters. The minimum atomic E-state index is -0.493. The van der Waals surface area contributed by atoms with Gasteiger partial charge in [0.25, 0.3) is 0 Å². The molecule has 0 aromatic heterocycles. The first kappa shape index (κ1) is 16.8. The lowest BCUT2D eigenvalue weighted by Gasteiger charge is -2.37. The molecule has 0 saturated carbocycles. The van der Waals surface area contributed by atoms with Gasteiger partial charge in [0.05, 0.1) is 13.7 Å². The Labute approximate surface area is 120 Å². The van der Waals surface area contributed by atoms with Gasteiger partial charge >= 0.3 is 12.1 Å². The summed E-state index contributed by atoms with van der Waals surface area (Å²) in [5.41, 5.74) is -0.493. The van der Waals surface area contributed by atoms with Gasteiger partial charge in [0.2, 0.25) is 0 Å². The first-order chi connectivity index (χ1) is 9.21. The zero-order valence-electron chi connectivity index (χ0n) is 13.1. The number of likely N-dealkylation sites (tertiary alicyclic amines) is 1. The topological polar surface area (TPSA) is 67.9 Å². The monoisotopic (exact) mass is 286 g/mol. The van der Waals surface area contributed by atoms with Crippen molar-refractivity contribution in [2.45, 2.75) is 45.8 Å². The van der Waals surface area contributed by atoms with Gasteiger partial charge in [-0.1, -0.05) is 6.92 Å². The molecule has 0 aliphatic carbocycles. The molecule has 1 unspecified atom stereocenters. The molecule has 0 aromatic carbocycles. The van der Waals surface area contributed by atoms with Crippen LogP contribution in [0.2, 0.25) is 0 Å². The first-order valence-corrected chi connectivity index (χ1v) is 6.99. The molecule has 1 amide bonds. The molecule has 0 radical (unpaired) electrons. The third-order valence-corrected chi connectivity index (χ3v) is 3.07. The number of carbonyl (C=O) groups excluding carboxylic acids is 2. The Kier molecular flexibility index (Phi) is 5.80. The van der Waals surface area contributed by atoms with Crippen molar-refractivity contribution in [3.05, 3.63) is 0 Å². The van der Waals surface area contributed by atoms with E-state index in [1.165, 1.54) is 7.11 Å². The lowest BCUT2D eigenvalue weighted by atomic mass is 9.96. The summed E-state index contributed by atoms with van der Waals surface area (Å²) in [5.74, 6) is 0.0680. The van der Waals surface area contributed by atoms with Gasteiger partial charge in [-0.05, 0) is 33.1 Å². The minimum absolute atomic E-state index is 0.0883. The van der Waals surface area contributed by atoms with Crippen molar-refractivity contribution in [2.24, 2.45) is 5.92 Å². The van der Waals surface area contributed by atoms with Crippen molar-refractivity contribution in [1.29, 1.82) is 0 Å². The summed E-state index contributed by atoms with van der Waals surface area (Å²) in [4.78, 5) is 24.9. The quantitative estimate of drug-likeness (QED) is 0.794. The molecule has 1 heterocycles. The number of esters is 1. The van der Waals surface area contributed by atoms with E-state index in [1.807, 2.05) is 20.8 Å². The number of ether oxygens (including phenoxy) is 2. The summed E-state index contributed by atoms with van der Waals surface area (Å²) in [7, 11) is 1.36. The van der Waals surface area contributed by atoms with E-state index in [-0.39, 0.29) is 24.6 Å². The number of carbonyl (C=O) groups is 2. The van der Waals surface area contributed by atoms with E-state index in [1.54, 1.807) is 4.90 Å². The Morgan fingerprint density at radius 2 is 1.95 bits per heavy atom. The maximum absolute atomic E-state index is 12.1. The summed E-state index contributed by atoms with van der Waals surface area (Å²) in [6, 6.07) is 0.0883. The first-order valence-electron chi connectivity index (χ1n) is 6.99. The van der Waals surface area contributed by atoms with Crippen molar-refractivity contribution >= 4 is 12.1 Å². The highest BCUT2D eigenvalue weighted by molar-refractivity contribution is 5.71. The van der Waals surface area contributed by atoms with Gasteiger partial charge in [0, 0.05) is 19.1 Å². The van der Waals surface area contributed by atoms with Crippen LogP contribution < -0.4 is 5.32 Å². The molecule has 1 aliphatic heterocycles. The minimum Gasteiger partial charge on any atom is -0.468 e. The van der Waals surface area contributed by atoms with Crippen LogP contribution in [-0.4, -0.2) is 55.3 Å². The predicted molar refractivity (Wildman–Crippen MR) is 75.4 cm³/mol. The number of nitrogens with one attached hydrogen (secondary N) is 1. The van der Waals surface area contributed by atoms with Crippen LogP contribution in [0.15, 0.2) is 0 Å². The van der Waals surface area contributed by atoms with E-state index in [0.717, 1.165) is 6.42 Å². The molecule has 20 heavy (non-hydrogen) atoms. The van der Waals surface area contributed by atoms with E-state index in [2.05, 4.69) is 17.0 Å². The highest BCUT2D eigenvalue weighted by atomic mass is 16.6.